The number of aryl methyl sites for hydroxylation is 2. The van der Waals surface area contributed by atoms with Gasteiger partial charge in [0.15, 0.2) is 6.10 Å². The Morgan fingerprint density at radius 2 is 1.96 bits per heavy atom. The molecule has 6 nitrogen and oxygen atoms in total. The average molecular weight is 401 g/mol. The van der Waals surface area contributed by atoms with Crippen LogP contribution in [0.5, 0.6) is 5.75 Å². The van der Waals surface area contributed by atoms with Gasteiger partial charge in [-0.1, -0.05) is 25.1 Å². The molecule has 1 amide bonds. The Hall–Kier alpha value is -2.54. The fourth-order valence-electron chi connectivity index (χ4n) is 3.76. The van der Waals surface area contributed by atoms with Crippen LogP contribution < -0.4 is 14.4 Å². The molecule has 0 radical (unpaired) electrons. The number of carbonyl (C=O) groups is 1. The Kier molecular flexibility index (Phi) is 5.02. The molecule has 1 aliphatic heterocycles. The van der Waals surface area contributed by atoms with Gasteiger partial charge in [0.25, 0.3) is 15.9 Å². The summed E-state index contributed by atoms with van der Waals surface area (Å²) in [5, 5.41) is 2.79. The fourth-order valence-corrected chi connectivity index (χ4v) is 5.29. The van der Waals surface area contributed by atoms with Crippen LogP contribution in [-0.2, 0) is 27.7 Å². The van der Waals surface area contributed by atoms with Crippen LogP contribution in [0.4, 0.5) is 5.69 Å². The summed E-state index contributed by atoms with van der Waals surface area (Å²) in [7, 11) is -3.81. The molecule has 0 fully saturated rings. The number of amides is 1. The third-order valence-corrected chi connectivity index (χ3v) is 7.01. The van der Waals surface area contributed by atoms with E-state index in [1.54, 1.807) is 36.4 Å². The summed E-state index contributed by atoms with van der Waals surface area (Å²) in [5.41, 5.74) is 2.78. The molecule has 1 N–H and O–H groups in total. The zero-order valence-electron chi connectivity index (χ0n) is 15.8. The smallest absolute Gasteiger partial charge is 0.264 e. The fraction of sp³-hybridized carbons (Fsp3) is 0.381. The largest absolute Gasteiger partial charge is 0.476 e. The number of benzene rings is 2. The maximum Gasteiger partial charge on any atom is 0.264 e. The molecular weight excluding hydrogens is 376 g/mol. The van der Waals surface area contributed by atoms with Crippen molar-refractivity contribution in [3.8, 4) is 5.75 Å². The molecule has 7 heteroatoms. The van der Waals surface area contributed by atoms with Crippen LogP contribution in [0.1, 0.15) is 30.9 Å². The van der Waals surface area contributed by atoms with Crippen molar-refractivity contribution in [3.63, 3.8) is 0 Å². The van der Waals surface area contributed by atoms with Gasteiger partial charge in [-0.15, -0.1) is 0 Å². The van der Waals surface area contributed by atoms with E-state index in [1.807, 2.05) is 13.0 Å². The lowest BCUT2D eigenvalue weighted by Gasteiger charge is -2.34. The molecule has 2 aliphatic rings. The van der Waals surface area contributed by atoms with Crippen molar-refractivity contribution < 1.29 is 17.9 Å². The van der Waals surface area contributed by atoms with Gasteiger partial charge in [0.05, 0.1) is 17.1 Å². The van der Waals surface area contributed by atoms with Crippen LogP contribution in [0.3, 0.4) is 0 Å². The van der Waals surface area contributed by atoms with Crippen LogP contribution in [0.25, 0.3) is 0 Å². The predicted octanol–water partition coefficient (Wildman–Crippen LogP) is 2.66. The van der Waals surface area contributed by atoms with Gasteiger partial charge in [0.2, 0.25) is 0 Å². The van der Waals surface area contributed by atoms with Crippen LogP contribution in [0, 0.1) is 0 Å². The first-order chi connectivity index (χ1) is 13.5. The number of carbonyl (C=O) groups excluding carboxylic acids is 1. The molecule has 4 rings (SSSR count). The maximum absolute atomic E-state index is 13.5. The number of rotatable bonds is 5. The Labute approximate surface area is 165 Å². The Morgan fingerprint density at radius 1 is 1.18 bits per heavy atom. The van der Waals surface area contributed by atoms with Gasteiger partial charge in [0.1, 0.15) is 5.75 Å². The van der Waals surface area contributed by atoms with Crippen molar-refractivity contribution in [2.24, 2.45) is 0 Å². The summed E-state index contributed by atoms with van der Waals surface area (Å²) < 4.78 is 34.1. The highest BCUT2D eigenvalue weighted by atomic mass is 32.2. The summed E-state index contributed by atoms with van der Waals surface area (Å²) in [5.74, 6) is 0.0978. The van der Waals surface area contributed by atoms with Gasteiger partial charge in [-0.2, -0.15) is 0 Å². The first-order valence-corrected chi connectivity index (χ1v) is 11.1. The molecule has 0 saturated carbocycles. The minimum absolute atomic E-state index is 0.0496. The van der Waals surface area contributed by atoms with Crippen LogP contribution in [-0.4, -0.2) is 33.5 Å². The molecule has 2 aromatic rings. The highest BCUT2D eigenvalue weighted by Gasteiger charge is 2.37. The standard InChI is InChI=1S/C21H24N2O4S/c1-2-12-22-21(24)20-14-23(18-8-3-4-9-19(18)27-20)28(25,26)17-11-10-15-6-5-7-16(15)13-17/h3-4,8-11,13,20H,2,5-7,12,14H2,1H3,(H,22,24)/t20-/m1/s1. The molecule has 1 aliphatic carbocycles. The summed E-state index contributed by atoms with van der Waals surface area (Å²) in [6, 6.07) is 12.3. The molecule has 28 heavy (non-hydrogen) atoms. The summed E-state index contributed by atoms with van der Waals surface area (Å²) in [6.45, 7) is 2.44. The monoisotopic (exact) mass is 400 g/mol. The molecule has 1 atom stereocenters. The molecule has 0 bridgehead atoms. The first kappa shape index (κ1) is 18.8. The minimum Gasteiger partial charge on any atom is -0.476 e. The van der Waals surface area contributed by atoms with E-state index in [4.69, 9.17) is 4.74 Å². The van der Waals surface area contributed by atoms with E-state index < -0.39 is 16.1 Å². The predicted molar refractivity (Wildman–Crippen MR) is 107 cm³/mol. The maximum atomic E-state index is 13.5. The van der Waals surface area contributed by atoms with E-state index in [9.17, 15) is 13.2 Å². The normalized spacial score (nSPS) is 18.2. The molecule has 1 heterocycles. The lowest BCUT2D eigenvalue weighted by Crippen LogP contribution is -2.50. The second-order valence-corrected chi connectivity index (χ2v) is 9.05. The highest BCUT2D eigenvalue weighted by Crippen LogP contribution is 2.37. The van der Waals surface area contributed by atoms with Crippen molar-refractivity contribution in [2.75, 3.05) is 17.4 Å². The second-order valence-electron chi connectivity index (χ2n) is 7.19. The lowest BCUT2D eigenvalue weighted by molar-refractivity contribution is -0.127. The van der Waals surface area contributed by atoms with Crippen molar-refractivity contribution in [3.05, 3.63) is 53.6 Å². The Bertz CT molecular complexity index is 1000. The third kappa shape index (κ3) is 3.35. The first-order valence-electron chi connectivity index (χ1n) is 9.68. The van der Waals surface area contributed by atoms with Crippen molar-refractivity contribution in [2.45, 2.75) is 43.6 Å². The van der Waals surface area contributed by atoms with E-state index in [0.29, 0.717) is 18.0 Å². The quantitative estimate of drug-likeness (QED) is 0.837. The number of para-hydroxylation sites is 2. The Balaban J connectivity index is 1.71. The van der Waals surface area contributed by atoms with E-state index in [2.05, 4.69) is 5.32 Å². The van der Waals surface area contributed by atoms with E-state index in [0.717, 1.165) is 31.2 Å². The molecule has 0 spiro atoms. The topological polar surface area (TPSA) is 75.7 Å². The molecule has 148 valence electrons. The highest BCUT2D eigenvalue weighted by molar-refractivity contribution is 7.92. The van der Waals surface area contributed by atoms with Crippen molar-refractivity contribution in [1.82, 2.24) is 5.32 Å². The zero-order valence-corrected chi connectivity index (χ0v) is 16.7. The number of hydrogen-bond acceptors (Lipinski definition) is 4. The summed E-state index contributed by atoms with van der Waals surface area (Å²) in [6.07, 6.45) is 2.87. The molecular formula is C21H24N2O4S. The zero-order chi connectivity index (χ0) is 19.7. The number of ether oxygens (including phenoxy) is 1. The van der Waals surface area contributed by atoms with Gasteiger partial charge >= 0.3 is 0 Å². The van der Waals surface area contributed by atoms with Crippen molar-refractivity contribution in [1.29, 1.82) is 0 Å². The SMILES string of the molecule is CCCNC(=O)[C@H]1CN(S(=O)(=O)c2ccc3c(c2)CCC3)c2ccccc2O1. The average Bonchev–Trinajstić information content (AvgIpc) is 3.19. The second kappa shape index (κ2) is 7.47. The molecule has 2 aromatic carbocycles. The number of nitrogens with zero attached hydrogens (tertiary/aromatic N) is 1. The summed E-state index contributed by atoms with van der Waals surface area (Å²) >= 11 is 0. The lowest BCUT2D eigenvalue weighted by atomic mass is 10.1. The molecule has 0 unspecified atom stereocenters. The van der Waals surface area contributed by atoms with Gasteiger partial charge in [-0.05, 0) is 61.1 Å². The number of hydrogen-bond donors (Lipinski definition) is 1. The number of anilines is 1. The van der Waals surface area contributed by atoms with E-state index >= 15 is 0 Å². The van der Waals surface area contributed by atoms with Crippen LogP contribution >= 0.6 is 0 Å². The van der Waals surface area contributed by atoms with Gasteiger partial charge in [-0.25, -0.2) is 8.42 Å². The van der Waals surface area contributed by atoms with Gasteiger partial charge < -0.3 is 10.1 Å². The van der Waals surface area contributed by atoms with Crippen LogP contribution in [0.15, 0.2) is 47.4 Å². The van der Waals surface area contributed by atoms with Gasteiger partial charge in [0, 0.05) is 6.54 Å². The Morgan fingerprint density at radius 3 is 2.79 bits per heavy atom. The van der Waals surface area contributed by atoms with E-state index in [1.165, 1.54) is 9.87 Å². The number of sulfonamides is 1. The molecule has 0 saturated heterocycles. The number of fused-ring (bicyclic) bond motifs is 2. The van der Waals surface area contributed by atoms with Gasteiger partial charge in [-0.3, -0.25) is 9.10 Å². The van der Waals surface area contributed by atoms with E-state index in [-0.39, 0.29) is 17.3 Å². The van der Waals surface area contributed by atoms with Crippen LogP contribution in [0.2, 0.25) is 0 Å². The molecule has 0 aromatic heterocycles. The van der Waals surface area contributed by atoms with Crippen molar-refractivity contribution >= 4 is 21.6 Å². The summed E-state index contributed by atoms with van der Waals surface area (Å²) in [4.78, 5) is 12.7. The number of nitrogens with one attached hydrogen (secondary N) is 1. The minimum atomic E-state index is -3.81. The third-order valence-electron chi connectivity index (χ3n) is 5.23.